The lowest BCUT2D eigenvalue weighted by Gasteiger charge is -2.50. The van der Waals surface area contributed by atoms with E-state index in [9.17, 15) is 112 Å². The molecule has 21 rings (SSSR count). The van der Waals surface area contributed by atoms with Crippen LogP contribution in [0.4, 0.5) is 0 Å². The number of aliphatic hydroxyl groups is 20. The van der Waals surface area contributed by atoms with Gasteiger partial charge in [-0.2, -0.15) is 0 Å². The topological polar surface area (TPSA) is 580 Å². The van der Waals surface area contributed by atoms with Gasteiger partial charge in [0.1, 0.15) is 165 Å². The normalized spacial score (nSPS) is 50.7. The minimum Gasteiger partial charge on any atom is -0.394 e. The molecule has 14 bridgehead atoms. The Labute approximate surface area is 495 Å². The van der Waals surface area contributed by atoms with E-state index < -0.39 is 260 Å². The first-order valence-corrected chi connectivity index (χ1v) is 29.5. The van der Waals surface area contributed by atoms with E-state index in [1.54, 1.807) is 0 Å². The number of hydrogen-bond acceptors (Lipinski definition) is 38. The second-order valence-corrected chi connectivity index (χ2v) is 23.3. The van der Waals surface area contributed by atoms with Gasteiger partial charge in [0, 0.05) is 18.1 Å². The van der Waals surface area contributed by atoms with Crippen LogP contribution in [0, 0.1) is 0 Å². The summed E-state index contributed by atoms with van der Waals surface area (Å²) in [5.74, 6) is -0.934. The summed E-state index contributed by atoms with van der Waals surface area (Å²) in [6.07, 6.45) is -70.6. The van der Waals surface area contributed by atoms with Crippen LogP contribution in [0.15, 0.2) is 0 Å². The second kappa shape index (κ2) is 31.4. The average Bonchev–Trinajstić information content (AvgIpc) is 2.77. The minimum atomic E-state index is -2.23. The van der Waals surface area contributed by atoms with Gasteiger partial charge in [0.2, 0.25) is 5.91 Å². The number of aliphatic hydroxyl groups excluding tert-OH is 20. The number of thioether (sulfide) groups is 2. The molecule has 37 nitrogen and oxygen atoms in total. The second-order valence-electron chi connectivity index (χ2n) is 21.3. The Hall–Kier alpha value is -1.52. The van der Waals surface area contributed by atoms with Crippen molar-refractivity contribution >= 4 is 35.0 Å². The van der Waals surface area contributed by atoms with Gasteiger partial charge in [0.05, 0.1) is 51.5 Å². The molecule has 0 aromatic carbocycles. The number of ether oxygens (including phenoxy) is 14. The average molecular weight is 1300 g/mol. The fourth-order valence-corrected chi connectivity index (χ4v) is 12.2. The van der Waals surface area contributed by atoms with E-state index in [1.807, 2.05) is 0 Å². The molecule has 0 radical (unpaired) electrons. The van der Waals surface area contributed by atoms with Gasteiger partial charge in [-0.15, -0.1) is 11.8 Å². The third-order valence-corrected chi connectivity index (χ3v) is 17.3. The van der Waals surface area contributed by atoms with Crippen LogP contribution in [0.3, 0.4) is 0 Å². The van der Waals surface area contributed by atoms with Gasteiger partial charge < -0.3 is 174 Å². The molecule has 21 heterocycles. The van der Waals surface area contributed by atoms with Gasteiger partial charge in [0.15, 0.2) is 49.6 Å². The molecule has 0 aromatic heterocycles. The summed E-state index contributed by atoms with van der Waals surface area (Å²) in [4.78, 5) is 23.5. The molecule has 21 fully saturated rings. The Morgan fingerprint density at radius 1 is 0.326 bits per heavy atom. The summed E-state index contributed by atoms with van der Waals surface area (Å²) in [5, 5.41) is 226. The monoisotopic (exact) mass is 1300 g/mol. The van der Waals surface area contributed by atoms with Crippen LogP contribution in [-0.2, 0) is 75.9 Å². The van der Waals surface area contributed by atoms with Gasteiger partial charge >= 0.3 is 0 Å². The van der Waals surface area contributed by atoms with Crippen molar-refractivity contribution in [1.82, 2.24) is 5.32 Å². The van der Waals surface area contributed by atoms with E-state index in [1.165, 1.54) is 0 Å². The molecule has 39 heteroatoms. The van der Waals surface area contributed by atoms with E-state index >= 15 is 0 Å². The number of amides is 1. The first-order chi connectivity index (χ1) is 41.0. The molecule has 0 aromatic rings. The van der Waals surface area contributed by atoms with Crippen molar-refractivity contribution in [3.8, 4) is 0 Å². The van der Waals surface area contributed by atoms with E-state index in [0.717, 1.165) is 23.5 Å². The lowest BCUT2D eigenvalue weighted by Crippen LogP contribution is -2.68. The Morgan fingerprint density at radius 3 is 0.744 bits per heavy atom. The predicted octanol–water partition coefficient (Wildman–Crippen LogP) is -14.5. The Morgan fingerprint density at radius 2 is 0.535 bits per heavy atom. The summed E-state index contributed by atoms with van der Waals surface area (Å²) in [7, 11) is 0. The summed E-state index contributed by atoms with van der Waals surface area (Å²) >= 11 is 1.75. The van der Waals surface area contributed by atoms with Crippen molar-refractivity contribution in [2.24, 2.45) is 0 Å². The largest absolute Gasteiger partial charge is 0.394 e. The van der Waals surface area contributed by atoms with E-state index in [2.05, 4.69) is 5.32 Å². The molecule has 1 amide bonds. The van der Waals surface area contributed by atoms with Crippen molar-refractivity contribution in [1.29, 1.82) is 0 Å². The van der Waals surface area contributed by atoms with Gasteiger partial charge in [-0.1, -0.05) is 11.8 Å². The fourth-order valence-electron chi connectivity index (χ4n) is 11.0. The van der Waals surface area contributed by atoms with Crippen LogP contribution in [0.2, 0.25) is 0 Å². The number of carbonyl (C=O) groups is 2. The zero-order chi connectivity index (χ0) is 62.6. The first-order valence-electron chi connectivity index (χ1n) is 27.3. The van der Waals surface area contributed by atoms with Gasteiger partial charge in [0.25, 0.3) is 0 Å². The van der Waals surface area contributed by atoms with Crippen molar-refractivity contribution in [2.75, 3.05) is 63.4 Å². The van der Waals surface area contributed by atoms with Crippen LogP contribution in [0.5, 0.6) is 0 Å². The van der Waals surface area contributed by atoms with Gasteiger partial charge in [-0.25, -0.2) is 0 Å². The molecule has 498 valence electrons. The molecule has 21 aliphatic heterocycles. The van der Waals surface area contributed by atoms with Gasteiger partial charge in [-0.3, -0.25) is 9.59 Å². The maximum atomic E-state index is 12.7. The maximum Gasteiger partial charge on any atom is 0.230 e. The predicted molar refractivity (Wildman–Crippen MR) is 271 cm³/mol. The highest BCUT2D eigenvalue weighted by Crippen LogP contribution is 2.39. The fraction of sp³-hybridized carbons (Fsp3) is 0.957. The lowest BCUT2D eigenvalue weighted by molar-refractivity contribution is -0.396. The molecule has 21 saturated heterocycles. The van der Waals surface area contributed by atoms with E-state index in [-0.39, 0.29) is 23.8 Å². The smallest absolute Gasteiger partial charge is 0.230 e. The molecule has 0 saturated carbocycles. The highest BCUT2D eigenvalue weighted by Gasteiger charge is 2.59. The molecular weight excluding hydrogens is 1220 g/mol. The summed E-state index contributed by atoms with van der Waals surface area (Å²) in [6.45, 7) is -6.27. The van der Waals surface area contributed by atoms with Crippen molar-refractivity contribution in [3.63, 3.8) is 0 Å². The van der Waals surface area contributed by atoms with E-state index in [0.29, 0.717) is 5.62 Å². The highest BCUT2D eigenvalue weighted by atomic mass is 32.2. The quantitative estimate of drug-likeness (QED) is 0.0567. The molecule has 0 spiro atoms. The first kappa shape index (κ1) is 70.4. The summed E-state index contributed by atoms with van der Waals surface area (Å²) in [6, 6.07) is 0. The highest BCUT2D eigenvalue weighted by molar-refractivity contribution is 8.11. The third kappa shape index (κ3) is 15.1. The molecule has 86 heavy (non-hydrogen) atoms. The van der Waals surface area contributed by atoms with Crippen LogP contribution < -0.4 is 5.32 Å². The number of hydrogen-bond donors (Lipinski definition) is 21. The van der Waals surface area contributed by atoms with Crippen LogP contribution >= 0.6 is 23.5 Å². The standard InChI is InChI=1S/C47H77NO36S2/c49-3-12-34-21(58)28(65)42(72-12)80-36-14(5-51)74-44(30(67)23(36)60)82-38-16(7-53)76-46(32(69)25(38)62)84-40-18(9-86-10-19(56)48-1-2-85-11-55)77-47(33(70)26(40)63)83-39-17(8-54)75-45(31(68)24(39)61)81-37-15(6-52)73-43(29(66)22(37)59)79-35-13(4-50)71-41(78-34)27(64)20(35)57/h11-18,20-47,49-54,57-70H,1-10H2,(H,48,56)/t12-,13-,14-,15-,16-,17-,18-,20-,21-,22-,23-,24-,25-,26-,27-,28-,29-,30-,31-,32-,33-,34-,35-,36-,37-,38-,39-,40-,41-,42-,43-,44-,45-,46-,47-/m1/s1. The molecule has 21 N–H and O–H groups in total. The number of carbonyl (C=O) groups excluding carboxylic acids is 2. The minimum absolute atomic E-state index is 0.0933. The summed E-state index contributed by atoms with van der Waals surface area (Å²) < 4.78 is 80.9. The zero-order valence-corrected chi connectivity index (χ0v) is 46.8. The number of rotatable bonds is 14. The molecule has 0 aliphatic carbocycles. The molecule has 0 unspecified atom stereocenters. The van der Waals surface area contributed by atoms with Crippen molar-refractivity contribution in [3.05, 3.63) is 0 Å². The van der Waals surface area contributed by atoms with E-state index in [4.69, 9.17) is 66.3 Å². The molecule has 21 aliphatic rings. The SMILES string of the molecule is O=CSCCNC(=O)CSC[C@H]1O[C@@H]2O[C@H]3[C@H](O)[C@@H](O)[C@@H](O[C@H]4[C@H](O)[C@@H](O)[C@@H](O[C@H]5[C@H](O)[C@@H](O)[C@@H](O[C@H]6[C@H](O)[C@@H](O)[C@@H](O[C@H]7[C@H](O)[C@@H](O)[C@@H](O[C@H]8[C@H](O)[C@@H](O)[C@@H](O[C@H]1[C@H](O)[C@H]2O)O[C@@H]8CO)O[C@@H]7CO)O[C@@H]6CO)O[C@@H]5CO)O[C@@H]4CO)O[C@@H]3CO. The van der Waals surface area contributed by atoms with Crippen LogP contribution in [0.25, 0.3) is 0 Å². The van der Waals surface area contributed by atoms with Crippen LogP contribution in [-0.4, -0.2) is 392 Å². The third-order valence-electron chi connectivity index (χ3n) is 15.7. The molecule has 35 atom stereocenters. The zero-order valence-electron chi connectivity index (χ0n) is 45.1. The Bertz CT molecular complexity index is 2090. The molecular formula is C47H77NO36S2. The van der Waals surface area contributed by atoms with Crippen molar-refractivity contribution in [2.45, 2.75) is 215 Å². The van der Waals surface area contributed by atoms with Gasteiger partial charge in [-0.05, 0) is 0 Å². The Balaban J connectivity index is 1.09. The van der Waals surface area contributed by atoms with Crippen LogP contribution in [0.1, 0.15) is 0 Å². The maximum absolute atomic E-state index is 12.7. The number of nitrogens with one attached hydrogen (secondary N) is 1. The Kier molecular flexibility index (Phi) is 25.7. The summed E-state index contributed by atoms with van der Waals surface area (Å²) in [5.41, 5.74) is 0.578. The lowest BCUT2D eigenvalue weighted by atomic mass is 9.95. The van der Waals surface area contributed by atoms with Crippen molar-refractivity contribution < 1.29 is 178 Å².